The second-order valence-electron chi connectivity index (χ2n) is 4.83. The van der Waals surface area contributed by atoms with Crippen LogP contribution in [0.3, 0.4) is 0 Å². The second-order valence-corrected chi connectivity index (χ2v) is 5.99. The second kappa shape index (κ2) is 6.93. The van der Waals surface area contributed by atoms with Gasteiger partial charge in [-0.05, 0) is 54.1 Å². The van der Waals surface area contributed by atoms with E-state index >= 15 is 0 Å². The van der Waals surface area contributed by atoms with Gasteiger partial charge in [-0.1, -0.05) is 6.07 Å². The normalized spacial score (nSPS) is 10.5. The van der Waals surface area contributed by atoms with E-state index in [1.165, 1.54) is 0 Å². The summed E-state index contributed by atoms with van der Waals surface area (Å²) in [6.45, 7) is 4.49. The molecule has 0 saturated heterocycles. The molecule has 0 aliphatic carbocycles. The number of hydrogen-bond donors (Lipinski definition) is 1. The van der Waals surface area contributed by atoms with Gasteiger partial charge in [-0.2, -0.15) is 5.10 Å². The molecule has 0 spiro atoms. The molecule has 5 nitrogen and oxygen atoms in total. The molecule has 0 fully saturated rings. The number of rotatable bonds is 5. The molecule has 1 heterocycles. The first-order chi connectivity index (χ1) is 9.99. The van der Waals surface area contributed by atoms with E-state index < -0.39 is 0 Å². The molecule has 1 amide bonds. The molecule has 0 aliphatic heterocycles. The summed E-state index contributed by atoms with van der Waals surface area (Å²) in [5.74, 6) is 0.612. The van der Waals surface area contributed by atoms with Gasteiger partial charge in [-0.15, -0.1) is 0 Å². The first-order valence-electron chi connectivity index (χ1n) is 6.63. The highest BCUT2D eigenvalue weighted by molar-refractivity contribution is 14.1. The summed E-state index contributed by atoms with van der Waals surface area (Å²) in [5.41, 5.74) is 2.76. The lowest BCUT2D eigenvalue weighted by molar-refractivity contribution is -0.116. The summed E-state index contributed by atoms with van der Waals surface area (Å²) in [6.07, 6.45) is 2.31. The Morgan fingerprint density at radius 3 is 2.81 bits per heavy atom. The topological polar surface area (TPSA) is 56.1 Å². The lowest BCUT2D eigenvalue weighted by Crippen LogP contribution is -2.15. The lowest BCUT2D eigenvalue weighted by Gasteiger charge is -2.11. The molecular weight excluding hydrogens is 381 g/mol. The van der Waals surface area contributed by atoms with Crippen LogP contribution in [0.5, 0.6) is 5.75 Å². The van der Waals surface area contributed by atoms with Crippen LogP contribution in [-0.2, 0) is 11.3 Å². The number of hydrogen-bond acceptors (Lipinski definition) is 3. The number of aromatic nitrogens is 2. The maximum atomic E-state index is 12.0. The molecule has 6 heteroatoms. The number of amides is 1. The summed E-state index contributed by atoms with van der Waals surface area (Å²) in [5, 5.41) is 7.23. The smallest absolute Gasteiger partial charge is 0.226 e. The van der Waals surface area contributed by atoms with Crippen LogP contribution in [0, 0.1) is 17.4 Å². The Hall–Kier alpha value is -1.57. The maximum Gasteiger partial charge on any atom is 0.226 e. The SMILES string of the molecule is COc1ccc(C)cc1NC(=O)CCn1cc(I)c(C)n1. The summed E-state index contributed by atoms with van der Waals surface area (Å²) >= 11 is 2.23. The van der Waals surface area contributed by atoms with Gasteiger partial charge in [-0.3, -0.25) is 9.48 Å². The fourth-order valence-electron chi connectivity index (χ4n) is 1.96. The molecule has 0 unspecified atom stereocenters. The van der Waals surface area contributed by atoms with E-state index in [4.69, 9.17) is 4.74 Å². The number of benzene rings is 1. The number of nitrogens with zero attached hydrogens (tertiary/aromatic N) is 2. The number of carbonyl (C=O) groups is 1. The quantitative estimate of drug-likeness (QED) is 0.787. The lowest BCUT2D eigenvalue weighted by atomic mass is 10.2. The van der Waals surface area contributed by atoms with Crippen molar-refractivity contribution in [2.24, 2.45) is 0 Å². The Morgan fingerprint density at radius 2 is 2.19 bits per heavy atom. The number of nitrogens with one attached hydrogen (secondary N) is 1. The zero-order valence-electron chi connectivity index (χ0n) is 12.3. The van der Waals surface area contributed by atoms with Crippen molar-refractivity contribution in [3.05, 3.63) is 39.2 Å². The van der Waals surface area contributed by atoms with E-state index in [2.05, 4.69) is 33.0 Å². The molecule has 0 saturated carbocycles. The Balaban J connectivity index is 1.97. The van der Waals surface area contributed by atoms with Gasteiger partial charge in [0.25, 0.3) is 0 Å². The van der Waals surface area contributed by atoms with Gasteiger partial charge in [0.05, 0.1) is 22.1 Å². The average Bonchev–Trinajstić information content (AvgIpc) is 2.76. The van der Waals surface area contributed by atoms with Crippen LogP contribution in [0.1, 0.15) is 17.7 Å². The highest BCUT2D eigenvalue weighted by Crippen LogP contribution is 2.25. The van der Waals surface area contributed by atoms with Gasteiger partial charge in [0.1, 0.15) is 5.75 Å². The highest BCUT2D eigenvalue weighted by Gasteiger charge is 2.09. The van der Waals surface area contributed by atoms with Crippen molar-refractivity contribution in [3.63, 3.8) is 0 Å². The summed E-state index contributed by atoms with van der Waals surface area (Å²) < 4.78 is 8.15. The Labute approximate surface area is 137 Å². The minimum atomic E-state index is -0.0536. The van der Waals surface area contributed by atoms with Crippen molar-refractivity contribution in [2.45, 2.75) is 26.8 Å². The van der Waals surface area contributed by atoms with Crippen molar-refractivity contribution < 1.29 is 9.53 Å². The van der Waals surface area contributed by atoms with Gasteiger partial charge < -0.3 is 10.1 Å². The first-order valence-corrected chi connectivity index (χ1v) is 7.71. The van der Waals surface area contributed by atoms with Crippen LogP contribution < -0.4 is 10.1 Å². The molecule has 1 aromatic carbocycles. The van der Waals surface area contributed by atoms with Crippen LogP contribution in [0.15, 0.2) is 24.4 Å². The standard InChI is InChI=1S/C15H18IN3O2/c1-10-4-5-14(21-3)13(8-10)17-15(20)6-7-19-9-12(16)11(2)18-19/h4-5,8-9H,6-7H2,1-3H3,(H,17,20). The van der Waals surface area contributed by atoms with Crippen molar-refractivity contribution in [3.8, 4) is 5.75 Å². The Bertz CT molecular complexity index is 633. The van der Waals surface area contributed by atoms with Crippen LogP contribution in [0.2, 0.25) is 0 Å². The van der Waals surface area contributed by atoms with E-state index in [1.807, 2.05) is 38.2 Å². The molecule has 1 N–H and O–H groups in total. The molecule has 2 aromatic rings. The van der Waals surface area contributed by atoms with Gasteiger partial charge in [0.2, 0.25) is 5.91 Å². The van der Waals surface area contributed by atoms with Crippen molar-refractivity contribution in [1.82, 2.24) is 9.78 Å². The minimum absolute atomic E-state index is 0.0536. The number of anilines is 1. The molecule has 21 heavy (non-hydrogen) atoms. The molecule has 0 aliphatic rings. The minimum Gasteiger partial charge on any atom is -0.495 e. The van der Waals surface area contributed by atoms with Gasteiger partial charge in [0, 0.05) is 19.2 Å². The van der Waals surface area contributed by atoms with E-state index in [0.717, 1.165) is 14.8 Å². The molecule has 112 valence electrons. The summed E-state index contributed by atoms with van der Waals surface area (Å²) in [4.78, 5) is 12.0. The van der Waals surface area contributed by atoms with E-state index in [0.29, 0.717) is 24.4 Å². The first kappa shape index (κ1) is 15.8. The van der Waals surface area contributed by atoms with E-state index in [1.54, 1.807) is 11.8 Å². The summed E-state index contributed by atoms with van der Waals surface area (Å²) in [6, 6.07) is 5.70. The van der Waals surface area contributed by atoms with E-state index in [9.17, 15) is 4.79 Å². The zero-order chi connectivity index (χ0) is 15.4. The third kappa shape index (κ3) is 4.20. The average molecular weight is 399 g/mol. The fourth-order valence-corrected chi connectivity index (χ4v) is 2.39. The summed E-state index contributed by atoms with van der Waals surface area (Å²) in [7, 11) is 1.59. The van der Waals surface area contributed by atoms with Crippen LogP contribution in [-0.4, -0.2) is 22.8 Å². The van der Waals surface area contributed by atoms with Gasteiger partial charge in [-0.25, -0.2) is 0 Å². The predicted molar refractivity (Wildman–Crippen MR) is 90.7 cm³/mol. The van der Waals surface area contributed by atoms with Crippen LogP contribution in [0.4, 0.5) is 5.69 Å². The van der Waals surface area contributed by atoms with Gasteiger partial charge in [0.15, 0.2) is 0 Å². The molecule has 1 aromatic heterocycles. The number of methoxy groups -OCH3 is 1. The number of halogens is 1. The third-order valence-corrected chi connectivity index (χ3v) is 4.14. The highest BCUT2D eigenvalue weighted by atomic mass is 127. The zero-order valence-corrected chi connectivity index (χ0v) is 14.5. The van der Waals surface area contributed by atoms with Gasteiger partial charge >= 0.3 is 0 Å². The Morgan fingerprint density at radius 1 is 1.43 bits per heavy atom. The number of aryl methyl sites for hydroxylation is 3. The molecular formula is C15H18IN3O2. The molecule has 0 bridgehead atoms. The maximum absolute atomic E-state index is 12.0. The molecule has 0 atom stereocenters. The molecule has 2 rings (SSSR count). The van der Waals surface area contributed by atoms with Crippen molar-refractivity contribution in [2.75, 3.05) is 12.4 Å². The fraction of sp³-hybridized carbons (Fsp3) is 0.333. The van der Waals surface area contributed by atoms with Crippen LogP contribution >= 0.6 is 22.6 Å². The number of carbonyl (C=O) groups excluding carboxylic acids is 1. The molecule has 0 radical (unpaired) electrons. The number of ether oxygens (including phenoxy) is 1. The van der Waals surface area contributed by atoms with Crippen molar-refractivity contribution in [1.29, 1.82) is 0 Å². The van der Waals surface area contributed by atoms with E-state index in [-0.39, 0.29) is 5.91 Å². The third-order valence-electron chi connectivity index (χ3n) is 3.08. The largest absolute Gasteiger partial charge is 0.495 e. The van der Waals surface area contributed by atoms with Crippen molar-refractivity contribution >= 4 is 34.2 Å². The Kier molecular flexibility index (Phi) is 5.22. The predicted octanol–water partition coefficient (Wildman–Crippen LogP) is 3.14. The monoisotopic (exact) mass is 399 g/mol. The van der Waals surface area contributed by atoms with Crippen LogP contribution in [0.25, 0.3) is 0 Å².